The van der Waals surface area contributed by atoms with Crippen molar-refractivity contribution in [1.29, 1.82) is 0 Å². The second kappa shape index (κ2) is 13.3. The quantitative estimate of drug-likeness (QED) is 0.164. The van der Waals surface area contributed by atoms with E-state index in [2.05, 4.69) is 121 Å². The van der Waals surface area contributed by atoms with Crippen molar-refractivity contribution in [2.24, 2.45) is 0 Å². The summed E-state index contributed by atoms with van der Waals surface area (Å²) < 4.78 is 6.84. The zero-order chi connectivity index (χ0) is 38.9. The van der Waals surface area contributed by atoms with Crippen molar-refractivity contribution in [1.82, 2.24) is 19.9 Å². The highest BCUT2D eigenvalue weighted by molar-refractivity contribution is 6.27. The predicted octanol–water partition coefficient (Wildman–Crippen LogP) is 14.1. The van der Waals surface area contributed by atoms with Crippen molar-refractivity contribution in [3.63, 3.8) is 0 Å². The summed E-state index contributed by atoms with van der Waals surface area (Å²) in [6.07, 6.45) is 0. The Kier molecular flexibility index (Phi) is 7.47. The highest BCUT2D eigenvalue weighted by atomic mass is 16.3. The molecule has 0 N–H and O–H groups in total. The van der Waals surface area contributed by atoms with Gasteiger partial charge in [-0.1, -0.05) is 176 Å². The van der Waals surface area contributed by atoms with Crippen LogP contribution in [0.1, 0.15) is 0 Å². The van der Waals surface area contributed by atoms with Gasteiger partial charge in [-0.15, -0.1) is 0 Å². The van der Waals surface area contributed by atoms with Gasteiger partial charge < -0.3 is 4.42 Å². The number of nitrogens with zero attached hydrogens (tertiary/aromatic N) is 4. The summed E-state index contributed by atoms with van der Waals surface area (Å²) in [4.78, 5) is 20.2. The van der Waals surface area contributed by atoms with Gasteiger partial charge in [0.15, 0.2) is 17.5 Å². The van der Waals surface area contributed by atoms with Crippen LogP contribution in [-0.2, 0) is 0 Å². The molecule has 0 aliphatic heterocycles. The Hall–Kier alpha value is -8.02. The van der Waals surface area contributed by atoms with Crippen molar-refractivity contribution >= 4 is 65.2 Å². The highest BCUT2D eigenvalue weighted by Gasteiger charge is 2.21. The molecule has 5 heteroatoms. The lowest BCUT2D eigenvalue weighted by Gasteiger charge is -2.14. The molecule has 0 aliphatic rings. The van der Waals surface area contributed by atoms with Crippen LogP contribution >= 0.6 is 0 Å². The van der Waals surface area contributed by atoms with Gasteiger partial charge in [-0.05, 0) is 61.6 Å². The zero-order valence-electron chi connectivity index (χ0n) is 31.7. The minimum atomic E-state index is 0.607. The largest absolute Gasteiger partial charge is 0.455 e. The van der Waals surface area contributed by atoms with E-state index >= 15 is 0 Å². The first kappa shape index (κ1) is 33.2. The molecule has 3 heterocycles. The van der Waals surface area contributed by atoms with Gasteiger partial charge >= 0.3 is 0 Å². The Morgan fingerprint density at radius 2 is 0.780 bits per heavy atom. The van der Waals surface area contributed by atoms with Crippen LogP contribution in [0.3, 0.4) is 0 Å². The zero-order valence-corrected chi connectivity index (χ0v) is 31.7. The van der Waals surface area contributed by atoms with Crippen molar-refractivity contribution in [3.8, 4) is 56.5 Å². The lowest BCUT2D eigenvalue weighted by molar-refractivity contribution is 0.672. The number of aromatic nitrogens is 4. The van der Waals surface area contributed by atoms with E-state index in [0.29, 0.717) is 17.5 Å². The molecule has 0 amide bonds. The molecular weight excluding hydrogens is 721 g/mol. The van der Waals surface area contributed by atoms with E-state index < -0.39 is 0 Å². The first-order chi connectivity index (χ1) is 29.2. The second-order valence-electron chi connectivity index (χ2n) is 14.9. The second-order valence-corrected chi connectivity index (χ2v) is 14.9. The minimum Gasteiger partial charge on any atom is -0.455 e. The van der Waals surface area contributed by atoms with Gasteiger partial charge in [0.2, 0.25) is 0 Å². The summed E-state index contributed by atoms with van der Waals surface area (Å²) in [6, 6.07) is 67.4. The molecule has 0 radical (unpaired) electrons. The average molecular weight is 753 g/mol. The molecular formula is C54H32N4O. The monoisotopic (exact) mass is 752 g/mol. The van der Waals surface area contributed by atoms with Crippen molar-refractivity contribution in [3.05, 3.63) is 194 Å². The van der Waals surface area contributed by atoms with Crippen LogP contribution in [0.15, 0.2) is 199 Å². The topological polar surface area (TPSA) is 64.7 Å². The van der Waals surface area contributed by atoms with E-state index in [4.69, 9.17) is 24.4 Å². The van der Waals surface area contributed by atoms with Crippen LogP contribution < -0.4 is 0 Å². The molecule has 59 heavy (non-hydrogen) atoms. The van der Waals surface area contributed by atoms with Crippen LogP contribution in [0.2, 0.25) is 0 Å². The molecule has 9 aromatic carbocycles. The molecule has 0 fully saturated rings. The number of hydrogen-bond acceptors (Lipinski definition) is 5. The molecule has 0 atom stereocenters. The number of furan rings is 1. The van der Waals surface area contributed by atoms with Gasteiger partial charge in [0, 0.05) is 27.6 Å². The molecule has 3 aromatic heterocycles. The van der Waals surface area contributed by atoms with Crippen molar-refractivity contribution in [2.45, 2.75) is 0 Å². The molecule has 5 nitrogen and oxygen atoms in total. The average Bonchev–Trinajstić information content (AvgIpc) is 3.71. The minimum absolute atomic E-state index is 0.607. The molecule has 12 aromatic rings. The maximum absolute atomic E-state index is 6.84. The maximum Gasteiger partial charge on any atom is 0.164 e. The number of pyridine rings is 1. The lowest BCUT2D eigenvalue weighted by Crippen LogP contribution is -2.00. The fourth-order valence-electron chi connectivity index (χ4n) is 8.74. The number of fused-ring (bicyclic) bond motifs is 11. The number of para-hydroxylation sites is 1. The molecule has 0 bridgehead atoms. The Bertz CT molecular complexity index is 3500. The van der Waals surface area contributed by atoms with E-state index in [0.717, 1.165) is 71.9 Å². The summed E-state index contributed by atoms with van der Waals surface area (Å²) in [5.74, 6) is 1.87. The summed E-state index contributed by atoms with van der Waals surface area (Å²) in [6.45, 7) is 0. The van der Waals surface area contributed by atoms with Gasteiger partial charge in [0.05, 0.1) is 22.0 Å². The van der Waals surface area contributed by atoms with E-state index in [1.807, 2.05) is 72.8 Å². The first-order valence-electron chi connectivity index (χ1n) is 19.8. The van der Waals surface area contributed by atoms with Crippen LogP contribution in [0.4, 0.5) is 0 Å². The van der Waals surface area contributed by atoms with Crippen molar-refractivity contribution < 1.29 is 4.42 Å². The summed E-state index contributed by atoms with van der Waals surface area (Å²) >= 11 is 0. The van der Waals surface area contributed by atoms with Gasteiger partial charge in [0.25, 0.3) is 0 Å². The standard InChI is InChI=1S/C54H32N4O/c1-3-14-34(15-4-1)52-56-53(35-16-5-2-6-17-35)58-54(57-52)36-28-26-33(27-29-36)50-49-44-22-11-12-25-47(44)59-51(49)48-38(23-13-24-46(48)55-50)37-30-31-43-41-20-8-7-18-39(41)40-19-9-10-21-42(40)45(43)32-37/h1-32H. The van der Waals surface area contributed by atoms with E-state index in [9.17, 15) is 0 Å². The van der Waals surface area contributed by atoms with Crippen molar-refractivity contribution in [2.75, 3.05) is 0 Å². The van der Waals surface area contributed by atoms with Crippen LogP contribution in [-0.4, -0.2) is 19.9 Å². The van der Waals surface area contributed by atoms with Gasteiger partial charge in [-0.3, -0.25) is 0 Å². The number of rotatable bonds is 5. The van der Waals surface area contributed by atoms with Crippen LogP contribution in [0, 0.1) is 0 Å². The van der Waals surface area contributed by atoms with Crippen LogP contribution in [0.5, 0.6) is 0 Å². The van der Waals surface area contributed by atoms with Crippen LogP contribution in [0.25, 0.3) is 122 Å². The predicted molar refractivity (Wildman–Crippen MR) is 242 cm³/mol. The van der Waals surface area contributed by atoms with Gasteiger partial charge in [-0.2, -0.15) is 0 Å². The maximum atomic E-state index is 6.84. The Morgan fingerprint density at radius 1 is 0.305 bits per heavy atom. The fraction of sp³-hybridized carbons (Fsp3) is 0. The SMILES string of the molecule is c1ccc(-c2nc(-c3ccccc3)nc(-c3ccc(-c4nc5cccc(-c6ccc7c8ccccc8c8ccccc8c7c6)c5c5oc6ccccc6c45)cc3)n2)cc1. The highest BCUT2D eigenvalue weighted by Crippen LogP contribution is 2.44. The normalized spacial score (nSPS) is 11.7. The fourth-order valence-corrected chi connectivity index (χ4v) is 8.74. The summed E-state index contributed by atoms with van der Waals surface area (Å²) in [5.41, 5.74) is 9.32. The van der Waals surface area contributed by atoms with E-state index in [-0.39, 0.29) is 0 Å². The molecule has 0 spiro atoms. The summed E-state index contributed by atoms with van der Waals surface area (Å²) in [7, 11) is 0. The summed E-state index contributed by atoms with van der Waals surface area (Å²) in [5, 5.41) is 10.5. The molecule has 12 rings (SSSR count). The molecule has 0 saturated heterocycles. The Labute approximate surface area is 338 Å². The third kappa shape index (κ3) is 5.40. The Morgan fingerprint density at radius 3 is 1.39 bits per heavy atom. The molecule has 0 aliphatic carbocycles. The smallest absolute Gasteiger partial charge is 0.164 e. The first-order valence-corrected chi connectivity index (χ1v) is 19.8. The Balaban J connectivity index is 1.03. The van der Waals surface area contributed by atoms with Gasteiger partial charge in [-0.25, -0.2) is 19.9 Å². The molecule has 274 valence electrons. The van der Waals surface area contributed by atoms with Gasteiger partial charge in [0.1, 0.15) is 11.2 Å². The van der Waals surface area contributed by atoms with E-state index in [1.54, 1.807) is 0 Å². The van der Waals surface area contributed by atoms with E-state index in [1.165, 1.54) is 32.3 Å². The third-order valence-corrected chi connectivity index (χ3v) is 11.5. The number of benzene rings is 9. The number of hydrogen-bond donors (Lipinski definition) is 0. The lowest BCUT2D eigenvalue weighted by atomic mass is 9.91. The molecule has 0 unspecified atom stereocenters. The molecule has 0 saturated carbocycles. The third-order valence-electron chi connectivity index (χ3n) is 11.5.